The van der Waals surface area contributed by atoms with Gasteiger partial charge in [0.1, 0.15) is 6.61 Å². The molecule has 3 rings (SSSR count). The zero-order valence-electron chi connectivity index (χ0n) is 17.1. The summed E-state index contributed by atoms with van der Waals surface area (Å²) in [5.41, 5.74) is 5.18. The van der Waals surface area contributed by atoms with E-state index in [0.29, 0.717) is 26.1 Å². The molecule has 29 heavy (non-hydrogen) atoms. The van der Waals surface area contributed by atoms with Crippen molar-refractivity contribution in [1.82, 2.24) is 0 Å². The van der Waals surface area contributed by atoms with Gasteiger partial charge in [-0.2, -0.15) is 0 Å². The Bertz CT molecular complexity index is 825. The van der Waals surface area contributed by atoms with Gasteiger partial charge in [-0.15, -0.1) is 0 Å². The molecular weight excluding hydrogens is 364 g/mol. The van der Waals surface area contributed by atoms with E-state index in [1.807, 2.05) is 67.6 Å². The number of carbonyl (C=O) groups excluding carboxylic acids is 1. The van der Waals surface area contributed by atoms with Crippen molar-refractivity contribution in [2.75, 3.05) is 6.61 Å². The summed E-state index contributed by atoms with van der Waals surface area (Å²) in [5.74, 6) is -1.11. The van der Waals surface area contributed by atoms with Gasteiger partial charge in [-0.25, -0.2) is 0 Å². The van der Waals surface area contributed by atoms with E-state index >= 15 is 0 Å². The van der Waals surface area contributed by atoms with Crippen molar-refractivity contribution in [3.63, 3.8) is 0 Å². The third kappa shape index (κ3) is 5.89. The molecule has 0 heterocycles. The molecule has 0 unspecified atom stereocenters. The summed E-state index contributed by atoms with van der Waals surface area (Å²) in [6.07, 6.45) is 1.13. The van der Waals surface area contributed by atoms with Crippen molar-refractivity contribution in [3.8, 4) is 0 Å². The molecule has 0 saturated carbocycles. The maximum atomic E-state index is 11.3. The molecule has 0 fully saturated rings. The second-order valence-corrected chi connectivity index (χ2v) is 7.46. The lowest BCUT2D eigenvalue weighted by atomic mass is 10.1. The molecule has 0 N–H and O–H groups in total. The van der Waals surface area contributed by atoms with Crippen molar-refractivity contribution in [3.05, 3.63) is 95.1 Å². The molecule has 0 bridgehead atoms. The average Bonchev–Trinajstić information content (AvgIpc) is 3.11. The first-order valence-corrected chi connectivity index (χ1v) is 9.83. The van der Waals surface area contributed by atoms with Crippen LogP contribution < -0.4 is 0 Å². The first-order valence-electron chi connectivity index (χ1n) is 9.83. The Kier molecular flexibility index (Phi) is 7.02. The number of carbonyl (C=O) groups is 1. The average molecular weight is 392 g/mol. The summed E-state index contributed by atoms with van der Waals surface area (Å²) < 4.78 is 18.0. The second kappa shape index (κ2) is 9.68. The molecule has 0 spiro atoms. The van der Waals surface area contributed by atoms with Crippen LogP contribution >= 0.6 is 0 Å². The predicted octanol–water partition coefficient (Wildman–Crippen LogP) is 5.35. The van der Waals surface area contributed by atoms with Crippen molar-refractivity contribution in [2.45, 2.75) is 45.7 Å². The molecule has 4 heteroatoms. The third-order valence-electron chi connectivity index (χ3n) is 5.01. The Hall–Kier alpha value is -2.69. The van der Waals surface area contributed by atoms with Crippen molar-refractivity contribution < 1.29 is 19.0 Å². The summed E-state index contributed by atoms with van der Waals surface area (Å²) in [7, 11) is 0. The molecule has 152 valence electrons. The molecule has 1 aliphatic rings. The van der Waals surface area contributed by atoms with E-state index in [1.165, 1.54) is 6.92 Å². The van der Waals surface area contributed by atoms with E-state index in [2.05, 4.69) is 6.58 Å². The van der Waals surface area contributed by atoms with Crippen LogP contribution in [-0.4, -0.2) is 18.4 Å². The topological polar surface area (TPSA) is 44.8 Å². The van der Waals surface area contributed by atoms with Gasteiger partial charge in [0, 0.05) is 19.8 Å². The number of esters is 1. The Morgan fingerprint density at radius 3 is 1.83 bits per heavy atom. The van der Waals surface area contributed by atoms with E-state index in [0.717, 1.165) is 27.8 Å². The van der Waals surface area contributed by atoms with Gasteiger partial charge < -0.3 is 14.2 Å². The molecular formula is C25H28O4. The maximum absolute atomic E-state index is 11.3. The van der Waals surface area contributed by atoms with Gasteiger partial charge in [0.05, 0.1) is 13.2 Å². The summed E-state index contributed by atoms with van der Waals surface area (Å²) in [4.78, 5) is 11.3. The first kappa shape index (κ1) is 21.0. The largest absolute Gasteiger partial charge is 0.461 e. The minimum Gasteiger partial charge on any atom is -0.461 e. The molecule has 0 aliphatic heterocycles. The summed E-state index contributed by atoms with van der Waals surface area (Å²) in [5, 5.41) is 0. The van der Waals surface area contributed by atoms with Crippen LogP contribution in [0.2, 0.25) is 0 Å². The molecule has 0 saturated heterocycles. The van der Waals surface area contributed by atoms with Crippen LogP contribution in [0.4, 0.5) is 0 Å². The lowest BCUT2D eigenvalue weighted by Gasteiger charge is -2.31. The Labute approximate surface area is 172 Å². The highest BCUT2D eigenvalue weighted by Gasteiger charge is 2.41. The fourth-order valence-electron chi connectivity index (χ4n) is 3.49. The third-order valence-corrected chi connectivity index (χ3v) is 5.01. The number of hydrogen-bond donors (Lipinski definition) is 0. The summed E-state index contributed by atoms with van der Waals surface area (Å²) in [6, 6.07) is 20.1. The molecule has 4 nitrogen and oxygen atoms in total. The van der Waals surface area contributed by atoms with Gasteiger partial charge in [-0.1, -0.05) is 72.8 Å². The predicted molar refractivity (Wildman–Crippen MR) is 113 cm³/mol. The van der Waals surface area contributed by atoms with Gasteiger partial charge in [0.2, 0.25) is 0 Å². The highest BCUT2D eigenvalue weighted by molar-refractivity contribution is 5.66. The van der Waals surface area contributed by atoms with Gasteiger partial charge in [-0.05, 0) is 29.2 Å². The van der Waals surface area contributed by atoms with Crippen LogP contribution in [0.5, 0.6) is 0 Å². The fraction of sp³-hybridized carbons (Fsp3) is 0.320. The molecule has 0 amide bonds. The Balaban J connectivity index is 1.78. The maximum Gasteiger partial charge on any atom is 0.302 e. The number of ether oxygens (including phenoxy) is 3. The summed E-state index contributed by atoms with van der Waals surface area (Å²) >= 11 is 0. The molecule has 2 aromatic carbocycles. The first-order chi connectivity index (χ1) is 14.0. The highest BCUT2D eigenvalue weighted by atomic mass is 16.7. The van der Waals surface area contributed by atoms with Crippen LogP contribution in [0.15, 0.2) is 84.0 Å². The van der Waals surface area contributed by atoms with E-state index in [9.17, 15) is 4.79 Å². The lowest BCUT2D eigenvalue weighted by Crippen LogP contribution is -2.34. The zero-order chi connectivity index (χ0) is 20.7. The lowest BCUT2D eigenvalue weighted by molar-refractivity contribution is -0.243. The second-order valence-electron chi connectivity index (χ2n) is 7.46. The summed E-state index contributed by atoms with van der Waals surface area (Å²) in [6.45, 7) is 8.62. The van der Waals surface area contributed by atoms with Gasteiger partial charge in [0.15, 0.2) is 5.79 Å². The highest BCUT2D eigenvalue weighted by Crippen LogP contribution is 2.42. The van der Waals surface area contributed by atoms with Crippen LogP contribution in [0.25, 0.3) is 0 Å². The Morgan fingerprint density at radius 2 is 1.38 bits per heavy atom. The minimum absolute atomic E-state index is 0.239. The van der Waals surface area contributed by atoms with Gasteiger partial charge in [0.25, 0.3) is 0 Å². The molecule has 2 aromatic rings. The van der Waals surface area contributed by atoms with Crippen LogP contribution in [0.3, 0.4) is 0 Å². The van der Waals surface area contributed by atoms with Gasteiger partial charge in [-0.3, -0.25) is 4.79 Å². The monoisotopic (exact) mass is 392 g/mol. The Morgan fingerprint density at radius 1 is 0.862 bits per heavy atom. The van der Waals surface area contributed by atoms with Crippen LogP contribution in [0.1, 0.15) is 37.8 Å². The van der Waals surface area contributed by atoms with Crippen molar-refractivity contribution >= 4 is 5.97 Å². The van der Waals surface area contributed by atoms with E-state index < -0.39 is 5.79 Å². The quantitative estimate of drug-likeness (QED) is 0.426. The number of rotatable bonds is 9. The van der Waals surface area contributed by atoms with Gasteiger partial charge >= 0.3 is 5.97 Å². The van der Waals surface area contributed by atoms with E-state index in [-0.39, 0.29) is 12.6 Å². The van der Waals surface area contributed by atoms with Crippen LogP contribution in [-0.2, 0) is 32.2 Å². The molecule has 1 aliphatic carbocycles. The smallest absolute Gasteiger partial charge is 0.302 e. The number of hydrogen-bond acceptors (Lipinski definition) is 4. The molecule has 0 radical (unpaired) electrons. The van der Waals surface area contributed by atoms with E-state index in [4.69, 9.17) is 14.2 Å². The SMILES string of the molecule is C=C(C)C1=C(COC(C)=O)CC(OCc2ccccc2)(OCc2ccccc2)C1. The molecule has 0 atom stereocenters. The van der Waals surface area contributed by atoms with E-state index in [1.54, 1.807) is 0 Å². The number of allylic oxidation sites excluding steroid dienone is 1. The normalized spacial score (nSPS) is 15.4. The molecule has 0 aromatic heterocycles. The minimum atomic E-state index is -0.810. The number of benzene rings is 2. The standard InChI is InChI=1S/C25H28O4/c1-19(2)24-15-25(14-23(24)18-27-20(3)26,28-16-21-10-6-4-7-11-21)29-17-22-12-8-5-9-13-22/h4-13H,1,14-18H2,2-3H3. The fourth-order valence-corrected chi connectivity index (χ4v) is 3.49. The van der Waals surface area contributed by atoms with Crippen LogP contribution in [0, 0.1) is 0 Å². The van der Waals surface area contributed by atoms with Crippen molar-refractivity contribution in [1.29, 1.82) is 0 Å². The zero-order valence-corrected chi connectivity index (χ0v) is 17.1. The van der Waals surface area contributed by atoms with Crippen molar-refractivity contribution in [2.24, 2.45) is 0 Å².